The van der Waals surface area contributed by atoms with Gasteiger partial charge in [0, 0.05) is 31.1 Å². The van der Waals surface area contributed by atoms with Crippen molar-refractivity contribution in [3.05, 3.63) is 47.3 Å². The molecule has 0 unspecified atom stereocenters. The minimum atomic E-state index is 0.0747. The van der Waals surface area contributed by atoms with E-state index in [9.17, 15) is 0 Å². The van der Waals surface area contributed by atoms with Crippen LogP contribution in [0.15, 0.2) is 46.9 Å². The van der Waals surface area contributed by atoms with Crippen LogP contribution in [0.3, 0.4) is 0 Å². The molecule has 1 aliphatic rings. The van der Waals surface area contributed by atoms with E-state index in [1.807, 2.05) is 31.6 Å². The molecule has 1 aliphatic heterocycles. The Morgan fingerprint density at radius 2 is 2.15 bits per heavy atom. The summed E-state index contributed by atoms with van der Waals surface area (Å²) in [4.78, 5) is 7.76. The second-order valence-electron chi connectivity index (χ2n) is 6.39. The molecule has 3 N–H and O–H groups in total. The zero-order valence-corrected chi connectivity index (χ0v) is 16.4. The Morgan fingerprint density at radius 3 is 2.88 bits per heavy atom. The van der Waals surface area contributed by atoms with Crippen LogP contribution < -0.4 is 10.2 Å². The molecule has 2 atom stereocenters. The number of quaternary nitrogens is 1. The van der Waals surface area contributed by atoms with Crippen LogP contribution in [0.4, 0.5) is 5.69 Å². The third kappa shape index (κ3) is 3.93. The van der Waals surface area contributed by atoms with Crippen molar-refractivity contribution in [2.24, 2.45) is 0 Å². The van der Waals surface area contributed by atoms with Gasteiger partial charge in [-0.25, -0.2) is 4.98 Å². The summed E-state index contributed by atoms with van der Waals surface area (Å²) in [6.07, 6.45) is 0.271. The average Bonchev–Trinajstić information content (AvgIpc) is 3.40. The summed E-state index contributed by atoms with van der Waals surface area (Å²) in [7, 11) is 4.10. The van der Waals surface area contributed by atoms with E-state index < -0.39 is 0 Å². The number of ether oxygens (including phenoxy) is 1. The first-order chi connectivity index (χ1) is 12.7. The normalized spacial score (nSPS) is 19.8. The lowest BCUT2D eigenvalue weighted by Gasteiger charge is -2.14. The first-order valence-electron chi connectivity index (χ1n) is 8.54. The van der Waals surface area contributed by atoms with Gasteiger partial charge in [-0.3, -0.25) is 5.10 Å². The predicted octanol–water partition coefficient (Wildman–Crippen LogP) is 2.35. The lowest BCUT2D eigenvalue weighted by Crippen LogP contribution is -2.82. The Hall–Kier alpha value is -1.87. The molecule has 4 rings (SSSR count). The number of aromatic nitrogens is 3. The molecule has 0 spiro atoms. The van der Waals surface area contributed by atoms with Crippen molar-refractivity contribution in [3.63, 3.8) is 0 Å². The summed E-state index contributed by atoms with van der Waals surface area (Å²) < 4.78 is 6.19. The zero-order valence-electron chi connectivity index (χ0n) is 14.8. The molecule has 0 saturated carbocycles. The summed E-state index contributed by atoms with van der Waals surface area (Å²) in [5.41, 5.74) is 2.41. The van der Waals surface area contributed by atoms with E-state index in [1.54, 1.807) is 23.1 Å². The molecule has 3 aromatic rings. The molecule has 0 amide bonds. The standard InChI is InChI=1S/C18H21N5OS2/c1-23(2)13-7-5-12(6-8-13)17-19-10-14(24-17)11-26-18-20-16(21-22-18)15-4-3-9-25-15/h3-9,14,17,19H,10-11H2,1-2H3,(H,20,21,22)/p+1/t14-,17-/m0/s1. The minimum Gasteiger partial charge on any atom is -0.378 e. The van der Waals surface area contributed by atoms with Gasteiger partial charge in [0.2, 0.25) is 11.4 Å². The van der Waals surface area contributed by atoms with Gasteiger partial charge in [-0.2, -0.15) is 0 Å². The van der Waals surface area contributed by atoms with Gasteiger partial charge >= 0.3 is 0 Å². The Bertz CT molecular complexity index is 832. The molecule has 26 heavy (non-hydrogen) atoms. The quantitative estimate of drug-likeness (QED) is 0.635. The van der Waals surface area contributed by atoms with Gasteiger partial charge in [-0.1, -0.05) is 17.8 Å². The highest BCUT2D eigenvalue weighted by Gasteiger charge is 2.30. The predicted molar refractivity (Wildman–Crippen MR) is 106 cm³/mol. The zero-order chi connectivity index (χ0) is 17.9. The van der Waals surface area contributed by atoms with Crippen molar-refractivity contribution in [1.29, 1.82) is 0 Å². The number of nitrogens with two attached hydrogens (primary N) is 1. The van der Waals surface area contributed by atoms with E-state index in [1.165, 1.54) is 11.3 Å². The van der Waals surface area contributed by atoms with E-state index in [0.29, 0.717) is 0 Å². The molecule has 0 bridgehead atoms. The van der Waals surface area contributed by atoms with Crippen LogP contribution in [0.25, 0.3) is 10.7 Å². The lowest BCUT2D eigenvalue weighted by molar-refractivity contribution is -0.697. The number of anilines is 1. The smallest absolute Gasteiger partial charge is 0.217 e. The van der Waals surface area contributed by atoms with E-state index in [0.717, 1.165) is 28.2 Å². The summed E-state index contributed by atoms with van der Waals surface area (Å²) in [5, 5.41) is 12.4. The van der Waals surface area contributed by atoms with Crippen LogP contribution in [-0.2, 0) is 4.74 Å². The molecule has 0 aliphatic carbocycles. The Balaban J connectivity index is 1.30. The third-order valence-electron chi connectivity index (χ3n) is 4.31. The number of aromatic amines is 1. The largest absolute Gasteiger partial charge is 0.378 e. The van der Waals surface area contributed by atoms with E-state index in [4.69, 9.17) is 4.74 Å². The number of thiophene rings is 1. The second-order valence-corrected chi connectivity index (χ2v) is 8.33. The van der Waals surface area contributed by atoms with Crippen molar-refractivity contribution in [1.82, 2.24) is 15.2 Å². The van der Waals surface area contributed by atoms with Gasteiger partial charge in [0.05, 0.1) is 4.88 Å². The summed E-state index contributed by atoms with van der Waals surface area (Å²) >= 11 is 3.30. The minimum absolute atomic E-state index is 0.0747. The molecule has 1 aromatic carbocycles. The maximum atomic E-state index is 6.19. The molecule has 1 fully saturated rings. The first-order valence-corrected chi connectivity index (χ1v) is 10.4. The maximum absolute atomic E-state index is 6.19. The molecule has 1 saturated heterocycles. The Kier molecular flexibility index (Phi) is 5.26. The van der Waals surface area contributed by atoms with E-state index in [-0.39, 0.29) is 12.3 Å². The molecule has 136 valence electrons. The molecule has 2 aromatic heterocycles. The Morgan fingerprint density at radius 1 is 1.31 bits per heavy atom. The fraction of sp³-hybridized carbons (Fsp3) is 0.333. The lowest BCUT2D eigenvalue weighted by atomic mass is 10.2. The van der Waals surface area contributed by atoms with Gasteiger partial charge in [0.25, 0.3) is 0 Å². The van der Waals surface area contributed by atoms with Crippen LogP contribution >= 0.6 is 23.1 Å². The summed E-state index contributed by atoms with van der Waals surface area (Å²) in [6.45, 7) is 0.954. The molecule has 3 heterocycles. The van der Waals surface area contributed by atoms with Crippen LogP contribution in [0, 0.1) is 0 Å². The summed E-state index contributed by atoms with van der Waals surface area (Å²) in [6, 6.07) is 12.6. The van der Waals surface area contributed by atoms with Crippen molar-refractivity contribution < 1.29 is 10.1 Å². The van der Waals surface area contributed by atoms with Crippen LogP contribution in [0.1, 0.15) is 11.8 Å². The van der Waals surface area contributed by atoms with Gasteiger partial charge in [-0.15, -0.1) is 16.4 Å². The van der Waals surface area contributed by atoms with E-state index in [2.05, 4.69) is 49.7 Å². The van der Waals surface area contributed by atoms with Crippen molar-refractivity contribution >= 4 is 28.8 Å². The number of H-pyrrole nitrogens is 1. The number of hydrogen-bond acceptors (Lipinski definition) is 6. The number of hydrogen-bond donors (Lipinski definition) is 2. The van der Waals surface area contributed by atoms with E-state index >= 15 is 0 Å². The number of nitrogens with zero attached hydrogens (tertiary/aromatic N) is 3. The van der Waals surface area contributed by atoms with Crippen LogP contribution in [0.2, 0.25) is 0 Å². The fourth-order valence-electron chi connectivity index (χ4n) is 2.88. The third-order valence-corrected chi connectivity index (χ3v) is 6.16. The number of thioether (sulfide) groups is 1. The van der Waals surface area contributed by atoms with Crippen molar-refractivity contribution in [3.8, 4) is 10.7 Å². The SMILES string of the molecule is CN(C)c1ccc([C@H]2[NH2+]C[C@@H](CSc3n[nH]c(-c4cccs4)n3)O2)cc1. The van der Waals surface area contributed by atoms with Gasteiger partial charge in [0.15, 0.2) is 5.82 Å². The van der Waals surface area contributed by atoms with Crippen LogP contribution in [0.5, 0.6) is 0 Å². The number of rotatable bonds is 6. The first kappa shape index (κ1) is 17.5. The van der Waals surface area contributed by atoms with Crippen molar-refractivity contribution in [2.75, 3.05) is 31.3 Å². The average molecular weight is 389 g/mol. The molecule has 8 heteroatoms. The van der Waals surface area contributed by atoms with Gasteiger partial charge in [-0.05, 0) is 35.7 Å². The molecule has 6 nitrogen and oxygen atoms in total. The van der Waals surface area contributed by atoms with Gasteiger partial charge in [0.1, 0.15) is 12.6 Å². The van der Waals surface area contributed by atoms with Gasteiger partial charge < -0.3 is 15.0 Å². The highest BCUT2D eigenvalue weighted by molar-refractivity contribution is 7.99. The molecular weight excluding hydrogens is 366 g/mol. The molecular formula is C18H22N5OS2+. The highest BCUT2D eigenvalue weighted by Crippen LogP contribution is 2.25. The maximum Gasteiger partial charge on any atom is 0.217 e. The fourth-order valence-corrected chi connectivity index (χ4v) is 4.36. The molecule has 0 radical (unpaired) electrons. The number of benzene rings is 1. The van der Waals surface area contributed by atoms with Crippen LogP contribution in [-0.4, -0.2) is 47.7 Å². The summed E-state index contributed by atoms with van der Waals surface area (Å²) in [5.74, 6) is 1.69. The second kappa shape index (κ2) is 7.79. The van der Waals surface area contributed by atoms with Crippen molar-refractivity contribution in [2.45, 2.75) is 17.5 Å². The highest BCUT2D eigenvalue weighted by atomic mass is 32.2. The Labute approximate surface area is 161 Å². The number of nitrogens with one attached hydrogen (secondary N) is 1. The topological polar surface area (TPSA) is 70.7 Å². The monoisotopic (exact) mass is 388 g/mol.